The number of H-pyrrole nitrogens is 1. The predicted molar refractivity (Wildman–Crippen MR) is 98.9 cm³/mol. The Morgan fingerprint density at radius 3 is 2.38 bits per heavy atom. The van der Waals surface area contributed by atoms with E-state index in [9.17, 15) is 22.4 Å². The molecule has 0 unspecified atom stereocenters. The van der Waals surface area contributed by atoms with E-state index >= 15 is 0 Å². The first kappa shape index (κ1) is 21.0. The van der Waals surface area contributed by atoms with Crippen molar-refractivity contribution in [1.29, 1.82) is 0 Å². The first-order chi connectivity index (χ1) is 13.8. The molecule has 0 radical (unpaired) electrons. The van der Waals surface area contributed by atoms with Crippen LogP contribution in [-0.4, -0.2) is 45.2 Å². The van der Waals surface area contributed by atoms with E-state index in [1.807, 2.05) is 4.90 Å². The minimum absolute atomic E-state index is 0.0448. The summed E-state index contributed by atoms with van der Waals surface area (Å²) < 4.78 is 50.8. The standard InChI is InChI=1S/C20H22F4N4O/c21-17-4-1-15(2-5-17)7-8-25-19(29)14-27-9-11-28(12-10-27)18-6-3-16(13-26-18)20(22,23)24/h1-6,13H,7-12,14H2,(H,25,29)/p+2. The number of nitrogens with one attached hydrogen (secondary N) is 3. The van der Waals surface area contributed by atoms with Crippen LogP contribution in [0.3, 0.4) is 0 Å². The number of alkyl halides is 3. The summed E-state index contributed by atoms with van der Waals surface area (Å²) >= 11 is 0. The third kappa shape index (κ3) is 6.15. The summed E-state index contributed by atoms with van der Waals surface area (Å²) in [7, 11) is 0. The van der Waals surface area contributed by atoms with E-state index in [0.29, 0.717) is 38.4 Å². The summed E-state index contributed by atoms with van der Waals surface area (Å²) in [6.07, 6.45) is -2.75. The highest BCUT2D eigenvalue weighted by molar-refractivity contribution is 5.76. The lowest BCUT2D eigenvalue weighted by Gasteiger charge is -2.28. The van der Waals surface area contributed by atoms with Gasteiger partial charge in [-0.25, -0.2) is 9.37 Å². The van der Waals surface area contributed by atoms with Gasteiger partial charge < -0.3 is 10.2 Å². The number of rotatable bonds is 6. The van der Waals surface area contributed by atoms with Crippen molar-refractivity contribution in [2.75, 3.05) is 44.2 Å². The van der Waals surface area contributed by atoms with Crippen molar-refractivity contribution in [1.82, 2.24) is 5.32 Å². The van der Waals surface area contributed by atoms with E-state index in [-0.39, 0.29) is 11.7 Å². The Kier molecular flexibility index (Phi) is 6.68. The van der Waals surface area contributed by atoms with E-state index in [1.165, 1.54) is 18.2 Å². The fraction of sp³-hybridized carbons (Fsp3) is 0.400. The van der Waals surface area contributed by atoms with Gasteiger partial charge in [-0.2, -0.15) is 13.2 Å². The van der Waals surface area contributed by atoms with Crippen LogP contribution in [0.2, 0.25) is 0 Å². The molecule has 2 heterocycles. The fourth-order valence-corrected chi connectivity index (χ4v) is 3.32. The molecular weight excluding hydrogens is 388 g/mol. The minimum Gasteiger partial charge on any atom is -0.351 e. The molecule has 2 aromatic rings. The first-order valence-electron chi connectivity index (χ1n) is 9.50. The molecule has 1 aliphatic rings. The second-order valence-electron chi connectivity index (χ2n) is 7.10. The van der Waals surface area contributed by atoms with Gasteiger partial charge >= 0.3 is 6.18 Å². The van der Waals surface area contributed by atoms with Crippen LogP contribution in [0.15, 0.2) is 42.6 Å². The quantitative estimate of drug-likeness (QED) is 0.688. The number of halogens is 4. The number of pyridine rings is 1. The molecule has 0 saturated carbocycles. The number of amides is 1. The van der Waals surface area contributed by atoms with E-state index < -0.39 is 11.7 Å². The van der Waals surface area contributed by atoms with Crippen molar-refractivity contribution in [3.63, 3.8) is 0 Å². The molecule has 0 atom stereocenters. The number of quaternary nitrogens is 1. The molecule has 1 aromatic heterocycles. The second-order valence-corrected chi connectivity index (χ2v) is 7.10. The van der Waals surface area contributed by atoms with Gasteiger partial charge in [-0.1, -0.05) is 12.1 Å². The number of carbonyl (C=O) groups excluding carboxylic acids is 1. The van der Waals surface area contributed by atoms with Gasteiger partial charge in [0.1, 0.15) is 38.2 Å². The van der Waals surface area contributed by atoms with Crippen molar-refractivity contribution in [3.05, 3.63) is 59.5 Å². The van der Waals surface area contributed by atoms with E-state index in [2.05, 4.69) is 10.3 Å². The average molecular weight is 412 g/mol. The number of carbonyl (C=O) groups is 1. The number of aromatic amines is 1. The highest BCUT2D eigenvalue weighted by atomic mass is 19.4. The van der Waals surface area contributed by atoms with Crippen molar-refractivity contribution in [2.24, 2.45) is 0 Å². The molecule has 5 nitrogen and oxygen atoms in total. The molecule has 1 fully saturated rings. The maximum atomic E-state index is 12.9. The van der Waals surface area contributed by atoms with Crippen LogP contribution in [0.1, 0.15) is 11.1 Å². The average Bonchev–Trinajstić information content (AvgIpc) is 2.69. The molecule has 1 aliphatic heterocycles. The van der Waals surface area contributed by atoms with Crippen molar-refractivity contribution >= 4 is 11.7 Å². The third-order valence-electron chi connectivity index (χ3n) is 4.99. The molecule has 3 rings (SSSR count). The smallest absolute Gasteiger partial charge is 0.351 e. The van der Waals surface area contributed by atoms with Crippen LogP contribution in [0, 0.1) is 5.82 Å². The molecular formula is C20H24F4N4O+2. The largest absolute Gasteiger partial charge is 0.419 e. The molecule has 1 amide bonds. The van der Waals surface area contributed by atoms with Crippen LogP contribution in [0.4, 0.5) is 23.4 Å². The van der Waals surface area contributed by atoms with Gasteiger partial charge in [-0.05, 0) is 30.2 Å². The zero-order chi connectivity index (χ0) is 20.9. The van der Waals surface area contributed by atoms with E-state index in [4.69, 9.17) is 0 Å². The molecule has 9 heteroatoms. The van der Waals surface area contributed by atoms with Crippen LogP contribution >= 0.6 is 0 Å². The Balaban J connectivity index is 1.39. The number of nitrogens with zero attached hydrogens (tertiary/aromatic N) is 1. The Hall–Kier alpha value is -2.68. The van der Waals surface area contributed by atoms with Gasteiger partial charge in [0, 0.05) is 12.6 Å². The van der Waals surface area contributed by atoms with Gasteiger partial charge in [0.05, 0.1) is 5.56 Å². The highest BCUT2D eigenvalue weighted by Crippen LogP contribution is 2.28. The lowest BCUT2D eigenvalue weighted by atomic mass is 10.1. The number of hydrogen-bond acceptors (Lipinski definition) is 2. The lowest BCUT2D eigenvalue weighted by Crippen LogP contribution is -3.16. The summed E-state index contributed by atoms with van der Waals surface area (Å²) in [5.41, 5.74) is 0.253. The molecule has 3 N–H and O–H groups in total. The van der Waals surface area contributed by atoms with Gasteiger partial charge in [0.25, 0.3) is 11.7 Å². The molecule has 29 heavy (non-hydrogen) atoms. The van der Waals surface area contributed by atoms with E-state index in [0.717, 1.165) is 35.8 Å². The van der Waals surface area contributed by atoms with Crippen LogP contribution in [0.25, 0.3) is 0 Å². The number of anilines is 1. The van der Waals surface area contributed by atoms with Gasteiger partial charge in [-0.3, -0.25) is 9.69 Å². The van der Waals surface area contributed by atoms with Crippen molar-refractivity contribution in [2.45, 2.75) is 12.6 Å². The predicted octanol–water partition coefficient (Wildman–Crippen LogP) is 0.722. The fourth-order valence-electron chi connectivity index (χ4n) is 3.32. The number of benzene rings is 1. The number of aromatic nitrogens is 1. The van der Waals surface area contributed by atoms with Crippen molar-refractivity contribution < 1.29 is 32.2 Å². The maximum Gasteiger partial charge on any atom is 0.419 e. The van der Waals surface area contributed by atoms with Crippen LogP contribution in [-0.2, 0) is 17.4 Å². The van der Waals surface area contributed by atoms with Gasteiger partial charge in [-0.15, -0.1) is 0 Å². The Labute approximate surface area is 166 Å². The maximum absolute atomic E-state index is 12.9. The highest BCUT2D eigenvalue weighted by Gasteiger charge is 2.33. The topological polar surface area (TPSA) is 50.9 Å². The Morgan fingerprint density at radius 2 is 1.79 bits per heavy atom. The molecule has 1 aromatic carbocycles. The minimum atomic E-state index is -4.36. The van der Waals surface area contributed by atoms with E-state index in [1.54, 1.807) is 12.1 Å². The summed E-state index contributed by atoms with van der Waals surface area (Å²) in [6, 6.07) is 8.70. The summed E-state index contributed by atoms with van der Waals surface area (Å²) in [5, 5.41) is 2.88. The molecule has 0 aliphatic carbocycles. The van der Waals surface area contributed by atoms with Crippen molar-refractivity contribution in [3.8, 4) is 0 Å². The Bertz CT molecular complexity index is 801. The monoisotopic (exact) mass is 412 g/mol. The molecule has 0 bridgehead atoms. The summed E-state index contributed by atoms with van der Waals surface area (Å²) in [5.74, 6) is 0.312. The summed E-state index contributed by atoms with van der Waals surface area (Å²) in [4.78, 5) is 17.9. The molecule has 1 saturated heterocycles. The van der Waals surface area contributed by atoms with Crippen LogP contribution in [0.5, 0.6) is 0 Å². The van der Waals surface area contributed by atoms with Crippen LogP contribution < -0.4 is 20.1 Å². The Morgan fingerprint density at radius 1 is 1.10 bits per heavy atom. The summed E-state index contributed by atoms with van der Waals surface area (Å²) in [6.45, 7) is 3.60. The molecule has 0 spiro atoms. The number of piperazine rings is 1. The van der Waals surface area contributed by atoms with Gasteiger partial charge in [0.15, 0.2) is 6.54 Å². The first-order valence-corrected chi connectivity index (χ1v) is 9.50. The lowest BCUT2D eigenvalue weighted by molar-refractivity contribution is -0.892. The van der Waals surface area contributed by atoms with Gasteiger partial charge in [0.2, 0.25) is 0 Å². The normalized spacial score (nSPS) is 15.4. The number of hydrogen-bond donors (Lipinski definition) is 2. The molecule has 156 valence electrons. The zero-order valence-electron chi connectivity index (χ0n) is 15.9. The third-order valence-corrected chi connectivity index (χ3v) is 4.99. The zero-order valence-corrected chi connectivity index (χ0v) is 15.9. The SMILES string of the molecule is O=C(C[NH+]1CCN(c2ccc(C(F)(F)F)c[nH+]2)CC1)NCCc1ccc(F)cc1. The second kappa shape index (κ2) is 9.21.